The third kappa shape index (κ3) is 2.62. The molecule has 1 amide bonds. The summed E-state index contributed by atoms with van der Waals surface area (Å²) in [6, 6.07) is 11.3. The van der Waals surface area contributed by atoms with E-state index in [1.165, 1.54) is 17.4 Å². The van der Waals surface area contributed by atoms with Crippen LogP contribution < -0.4 is 4.80 Å². The van der Waals surface area contributed by atoms with Crippen molar-refractivity contribution in [3.05, 3.63) is 63.7 Å². The lowest BCUT2D eigenvalue weighted by atomic mass is 10.2. The molecule has 0 aliphatic heterocycles. The van der Waals surface area contributed by atoms with Gasteiger partial charge in [-0.25, -0.2) is 4.39 Å². The topological polar surface area (TPSA) is 34.4 Å². The van der Waals surface area contributed by atoms with Gasteiger partial charge in [0.25, 0.3) is 5.91 Å². The Bertz CT molecular complexity index is 896. The van der Waals surface area contributed by atoms with E-state index < -0.39 is 0 Å². The molecule has 0 saturated carbocycles. The summed E-state index contributed by atoms with van der Waals surface area (Å²) >= 11 is 7.06. The zero-order chi connectivity index (χ0) is 15.0. The summed E-state index contributed by atoms with van der Waals surface area (Å²) in [4.78, 5) is 16.7. The molecule has 0 N–H and O–H groups in total. The molecule has 0 spiro atoms. The molecule has 6 heteroatoms. The second-order valence-corrected chi connectivity index (χ2v) is 5.90. The molecule has 0 radical (unpaired) electrons. The van der Waals surface area contributed by atoms with Gasteiger partial charge in [0.2, 0.25) is 0 Å². The van der Waals surface area contributed by atoms with Gasteiger partial charge in [0, 0.05) is 17.6 Å². The molecule has 2 aromatic carbocycles. The lowest BCUT2D eigenvalue weighted by molar-refractivity contribution is 0.0998. The number of para-hydroxylation sites is 1. The predicted octanol–water partition coefficient (Wildman–Crippen LogP) is 3.77. The molecule has 0 fully saturated rings. The average molecular weight is 321 g/mol. The first-order chi connectivity index (χ1) is 10.1. The van der Waals surface area contributed by atoms with Crippen LogP contribution in [0.25, 0.3) is 10.2 Å². The van der Waals surface area contributed by atoms with E-state index in [1.807, 2.05) is 0 Å². The van der Waals surface area contributed by atoms with Gasteiger partial charge in [-0.1, -0.05) is 29.0 Å². The minimum atomic E-state index is -0.380. The van der Waals surface area contributed by atoms with Crippen molar-refractivity contribution in [1.29, 1.82) is 0 Å². The van der Waals surface area contributed by atoms with Crippen molar-refractivity contribution in [3.8, 4) is 0 Å². The molecule has 21 heavy (non-hydrogen) atoms. The molecule has 0 aliphatic rings. The standard InChI is InChI=1S/C15H10ClFN2OS/c1-19-13-11(17)3-2-4-12(13)21-15(19)18-14(20)9-5-7-10(16)8-6-9/h2-8H,1H3. The molecular formula is C15H10ClFN2OS. The number of hydrogen-bond acceptors (Lipinski definition) is 2. The maximum atomic E-state index is 13.8. The minimum Gasteiger partial charge on any atom is -0.317 e. The largest absolute Gasteiger partial charge is 0.317 e. The number of aromatic nitrogens is 1. The number of hydrogen-bond donors (Lipinski definition) is 0. The number of rotatable bonds is 1. The van der Waals surface area contributed by atoms with Gasteiger partial charge >= 0.3 is 0 Å². The highest BCUT2D eigenvalue weighted by Gasteiger charge is 2.09. The van der Waals surface area contributed by atoms with E-state index in [4.69, 9.17) is 11.6 Å². The van der Waals surface area contributed by atoms with Gasteiger partial charge in [-0.3, -0.25) is 4.79 Å². The molecule has 0 bridgehead atoms. The number of benzene rings is 2. The van der Waals surface area contributed by atoms with E-state index in [0.29, 0.717) is 20.9 Å². The number of thiazole rings is 1. The fourth-order valence-electron chi connectivity index (χ4n) is 2.01. The highest BCUT2D eigenvalue weighted by atomic mass is 35.5. The van der Waals surface area contributed by atoms with Crippen LogP contribution in [0.5, 0.6) is 0 Å². The van der Waals surface area contributed by atoms with Crippen LogP contribution in [0.15, 0.2) is 47.5 Å². The van der Waals surface area contributed by atoms with Gasteiger partial charge in [0.05, 0.1) is 10.2 Å². The number of carbonyl (C=O) groups is 1. The third-order valence-corrected chi connectivity index (χ3v) is 4.41. The van der Waals surface area contributed by atoms with Crippen LogP contribution >= 0.6 is 22.9 Å². The third-order valence-electron chi connectivity index (χ3n) is 3.06. The molecule has 3 rings (SSSR count). The first-order valence-corrected chi connectivity index (χ1v) is 7.34. The van der Waals surface area contributed by atoms with Crippen LogP contribution in [0.1, 0.15) is 10.4 Å². The molecule has 3 nitrogen and oxygen atoms in total. The number of carbonyl (C=O) groups excluding carboxylic acids is 1. The molecule has 106 valence electrons. The van der Waals surface area contributed by atoms with Crippen molar-refractivity contribution in [2.45, 2.75) is 0 Å². The van der Waals surface area contributed by atoms with Gasteiger partial charge in [0.15, 0.2) is 4.80 Å². The van der Waals surface area contributed by atoms with Gasteiger partial charge in [0.1, 0.15) is 5.82 Å². The Morgan fingerprint density at radius 2 is 1.95 bits per heavy atom. The maximum absolute atomic E-state index is 13.8. The van der Waals surface area contributed by atoms with Crippen molar-refractivity contribution in [3.63, 3.8) is 0 Å². The van der Waals surface area contributed by atoms with Crippen molar-refractivity contribution in [1.82, 2.24) is 4.57 Å². The van der Waals surface area contributed by atoms with E-state index in [1.54, 1.807) is 48.0 Å². The van der Waals surface area contributed by atoms with Crippen LogP contribution in [-0.4, -0.2) is 10.5 Å². The normalized spacial score (nSPS) is 12.0. The van der Waals surface area contributed by atoms with Crippen LogP contribution in [0.2, 0.25) is 5.02 Å². The molecule has 0 atom stereocenters. The average Bonchev–Trinajstić information content (AvgIpc) is 2.77. The highest BCUT2D eigenvalue weighted by Crippen LogP contribution is 2.19. The first-order valence-electron chi connectivity index (χ1n) is 6.15. The van der Waals surface area contributed by atoms with Gasteiger partial charge in [-0.05, 0) is 36.4 Å². The Hall–Kier alpha value is -1.98. The van der Waals surface area contributed by atoms with Crippen molar-refractivity contribution in [2.75, 3.05) is 0 Å². The van der Waals surface area contributed by atoms with Crippen LogP contribution in [0.4, 0.5) is 4.39 Å². The SMILES string of the molecule is Cn1c(=NC(=O)c2ccc(Cl)cc2)sc2cccc(F)c21. The van der Waals surface area contributed by atoms with Crippen LogP contribution in [0.3, 0.4) is 0 Å². The smallest absolute Gasteiger partial charge is 0.279 e. The Morgan fingerprint density at radius 1 is 1.24 bits per heavy atom. The predicted molar refractivity (Wildman–Crippen MR) is 82.1 cm³/mol. The van der Waals surface area contributed by atoms with Crippen molar-refractivity contribution in [2.24, 2.45) is 12.0 Å². The van der Waals surface area contributed by atoms with E-state index in [0.717, 1.165) is 4.70 Å². The Balaban J connectivity index is 2.11. The lowest BCUT2D eigenvalue weighted by Gasteiger charge is -1.97. The molecule has 0 unspecified atom stereocenters. The van der Waals surface area contributed by atoms with E-state index in [9.17, 15) is 9.18 Å². The van der Waals surface area contributed by atoms with Crippen LogP contribution in [-0.2, 0) is 7.05 Å². The molecule has 0 aliphatic carbocycles. The summed E-state index contributed by atoms with van der Waals surface area (Å²) < 4.78 is 16.1. The summed E-state index contributed by atoms with van der Waals surface area (Å²) in [7, 11) is 1.69. The second-order valence-electron chi connectivity index (χ2n) is 4.45. The van der Waals surface area contributed by atoms with E-state index in [-0.39, 0.29) is 11.7 Å². The van der Waals surface area contributed by atoms with E-state index in [2.05, 4.69) is 4.99 Å². The maximum Gasteiger partial charge on any atom is 0.279 e. The lowest BCUT2D eigenvalue weighted by Crippen LogP contribution is -2.13. The fourth-order valence-corrected chi connectivity index (χ4v) is 3.16. The Morgan fingerprint density at radius 3 is 2.62 bits per heavy atom. The number of fused-ring (bicyclic) bond motifs is 1. The monoisotopic (exact) mass is 320 g/mol. The number of nitrogens with zero attached hydrogens (tertiary/aromatic N) is 2. The summed E-state index contributed by atoms with van der Waals surface area (Å²) in [5, 5.41) is 0.557. The summed E-state index contributed by atoms with van der Waals surface area (Å²) in [6.45, 7) is 0. The number of halogens is 2. The highest BCUT2D eigenvalue weighted by molar-refractivity contribution is 7.16. The fraction of sp³-hybridized carbons (Fsp3) is 0.0667. The van der Waals surface area contributed by atoms with Gasteiger partial charge in [-0.2, -0.15) is 4.99 Å². The minimum absolute atomic E-state index is 0.327. The summed E-state index contributed by atoms with van der Waals surface area (Å²) in [5.74, 6) is -0.708. The Labute approximate surface area is 128 Å². The van der Waals surface area contributed by atoms with Gasteiger partial charge < -0.3 is 4.57 Å². The quantitative estimate of drug-likeness (QED) is 0.672. The van der Waals surface area contributed by atoms with Crippen molar-refractivity contribution >= 4 is 39.1 Å². The summed E-state index contributed by atoms with van der Waals surface area (Å²) in [6.07, 6.45) is 0. The number of amides is 1. The summed E-state index contributed by atoms with van der Waals surface area (Å²) in [5.41, 5.74) is 0.891. The van der Waals surface area contributed by atoms with Crippen LogP contribution in [0, 0.1) is 5.82 Å². The zero-order valence-corrected chi connectivity index (χ0v) is 12.6. The molecule has 3 aromatic rings. The molecule has 0 saturated heterocycles. The second kappa shape index (κ2) is 5.42. The number of aryl methyl sites for hydroxylation is 1. The van der Waals surface area contributed by atoms with Gasteiger partial charge in [-0.15, -0.1) is 0 Å². The molecule has 1 aromatic heterocycles. The Kier molecular flexibility index (Phi) is 3.61. The van der Waals surface area contributed by atoms with Crippen molar-refractivity contribution < 1.29 is 9.18 Å². The molecular weight excluding hydrogens is 311 g/mol. The zero-order valence-electron chi connectivity index (χ0n) is 11.0. The molecule has 1 heterocycles. The first kappa shape index (κ1) is 14.0. The van der Waals surface area contributed by atoms with E-state index >= 15 is 0 Å².